The van der Waals surface area contributed by atoms with Crippen LogP contribution in [-0.4, -0.2) is 41.8 Å². The van der Waals surface area contributed by atoms with Crippen LogP contribution in [0.5, 0.6) is 0 Å². The van der Waals surface area contributed by atoms with Gasteiger partial charge in [-0.3, -0.25) is 14.3 Å². The number of aliphatic carboxylic acids is 1. The number of nitrogens with zero attached hydrogens (tertiary/aromatic N) is 4. The van der Waals surface area contributed by atoms with E-state index in [9.17, 15) is 14.7 Å². The number of carbonyl (C=O) groups is 1. The topological polar surface area (TPSA) is 117 Å². The van der Waals surface area contributed by atoms with Gasteiger partial charge in [-0.1, -0.05) is 0 Å². The van der Waals surface area contributed by atoms with Gasteiger partial charge in [0, 0.05) is 12.6 Å². The van der Waals surface area contributed by atoms with E-state index in [2.05, 4.69) is 15.2 Å². The van der Waals surface area contributed by atoms with Crippen LogP contribution in [0, 0.1) is 0 Å². The molecule has 3 aromatic rings. The van der Waals surface area contributed by atoms with Gasteiger partial charge in [-0.25, -0.2) is 14.9 Å². The van der Waals surface area contributed by atoms with Crippen LogP contribution < -0.4 is 5.69 Å². The van der Waals surface area contributed by atoms with Gasteiger partial charge in [0.25, 0.3) is 0 Å². The summed E-state index contributed by atoms with van der Waals surface area (Å²) in [6.45, 7) is 0.675. The summed E-state index contributed by atoms with van der Waals surface area (Å²) in [6.07, 6.45) is 1.56. The summed E-state index contributed by atoms with van der Waals surface area (Å²) >= 11 is 0. The summed E-state index contributed by atoms with van der Waals surface area (Å²) in [6, 6.07) is 4.56. The smallest absolute Gasteiger partial charge is 0.343 e. The van der Waals surface area contributed by atoms with E-state index in [0.717, 1.165) is 11.2 Å². The van der Waals surface area contributed by atoms with Crippen LogP contribution in [0.15, 0.2) is 33.7 Å². The van der Waals surface area contributed by atoms with Crippen molar-refractivity contribution in [3.63, 3.8) is 0 Å². The maximum Gasteiger partial charge on any atom is 0.343 e. The highest BCUT2D eigenvalue weighted by molar-refractivity contribution is 5.74. The highest BCUT2D eigenvalue weighted by Gasteiger charge is 2.33. The summed E-state index contributed by atoms with van der Waals surface area (Å²) in [7, 11) is 0. The minimum atomic E-state index is -0.979. The Balaban J connectivity index is 1.65. The predicted molar refractivity (Wildman–Crippen MR) is 77.5 cm³/mol. The van der Waals surface area contributed by atoms with Gasteiger partial charge < -0.3 is 9.52 Å². The maximum absolute atomic E-state index is 11.6. The third-order valence-corrected chi connectivity index (χ3v) is 3.99. The van der Waals surface area contributed by atoms with Crippen LogP contribution in [0.25, 0.3) is 11.1 Å². The number of aromatic nitrogens is 4. The van der Waals surface area contributed by atoms with E-state index in [1.165, 1.54) is 4.57 Å². The number of fused-ring (bicyclic) bond motifs is 2. The number of rotatable bonds is 3. The zero-order valence-electron chi connectivity index (χ0n) is 12.0. The molecule has 0 aliphatic carbocycles. The lowest BCUT2D eigenvalue weighted by Crippen LogP contribution is -2.49. The second kappa shape index (κ2) is 5.06. The number of H-pyrrole nitrogens is 1. The van der Waals surface area contributed by atoms with Gasteiger partial charge in [0.2, 0.25) is 0 Å². The fourth-order valence-electron chi connectivity index (χ4n) is 2.83. The van der Waals surface area contributed by atoms with Gasteiger partial charge >= 0.3 is 11.7 Å². The second-order valence-corrected chi connectivity index (χ2v) is 5.42. The SMILES string of the molecule is O=C(O)C1Cn2c(n[nH]c2=O)CN1Cc1ccc2occc2n1. The van der Waals surface area contributed by atoms with Crippen molar-refractivity contribution in [1.82, 2.24) is 24.6 Å². The third-order valence-electron chi connectivity index (χ3n) is 3.99. The minimum absolute atomic E-state index is 0.0634. The molecule has 1 unspecified atom stereocenters. The van der Waals surface area contributed by atoms with Crippen LogP contribution >= 0.6 is 0 Å². The molecule has 3 aromatic heterocycles. The van der Waals surface area contributed by atoms with Gasteiger partial charge in [0.05, 0.1) is 25.0 Å². The Morgan fingerprint density at radius 3 is 3.13 bits per heavy atom. The maximum atomic E-state index is 11.6. The summed E-state index contributed by atoms with van der Waals surface area (Å²) in [5.74, 6) is -0.454. The van der Waals surface area contributed by atoms with E-state index in [4.69, 9.17) is 4.42 Å². The molecule has 0 saturated heterocycles. The Morgan fingerprint density at radius 2 is 2.30 bits per heavy atom. The molecular formula is C14H13N5O4. The number of nitrogens with one attached hydrogen (secondary N) is 1. The van der Waals surface area contributed by atoms with Crippen LogP contribution in [0.1, 0.15) is 11.5 Å². The third kappa shape index (κ3) is 2.30. The van der Waals surface area contributed by atoms with Gasteiger partial charge in [-0.15, -0.1) is 0 Å². The summed E-state index contributed by atoms with van der Waals surface area (Å²) in [4.78, 5) is 29.4. The number of carboxylic acid groups (broad SMARTS) is 1. The van der Waals surface area contributed by atoms with Crippen molar-refractivity contribution >= 4 is 17.1 Å². The Morgan fingerprint density at radius 1 is 1.43 bits per heavy atom. The molecule has 0 aromatic carbocycles. The fraction of sp³-hybridized carbons (Fsp3) is 0.286. The van der Waals surface area contributed by atoms with Gasteiger partial charge in [0.1, 0.15) is 17.4 Å². The van der Waals surface area contributed by atoms with E-state index in [1.807, 2.05) is 6.07 Å². The first kappa shape index (κ1) is 13.7. The molecule has 0 fully saturated rings. The molecule has 1 atom stereocenters. The lowest BCUT2D eigenvalue weighted by molar-refractivity contribution is -0.145. The first-order chi connectivity index (χ1) is 11.1. The van der Waals surface area contributed by atoms with Crippen molar-refractivity contribution in [3.05, 3.63) is 46.5 Å². The minimum Gasteiger partial charge on any atom is -0.480 e. The van der Waals surface area contributed by atoms with Crippen molar-refractivity contribution in [1.29, 1.82) is 0 Å². The Bertz CT molecular complexity index is 940. The van der Waals surface area contributed by atoms with Gasteiger partial charge in [-0.2, -0.15) is 5.10 Å². The van der Waals surface area contributed by atoms with Crippen molar-refractivity contribution < 1.29 is 14.3 Å². The number of aromatic amines is 1. The number of carboxylic acids is 1. The molecule has 0 spiro atoms. The van der Waals surface area contributed by atoms with Gasteiger partial charge in [0.15, 0.2) is 5.58 Å². The molecule has 0 amide bonds. The molecule has 1 aliphatic heterocycles. The lowest BCUT2D eigenvalue weighted by Gasteiger charge is -2.32. The zero-order valence-corrected chi connectivity index (χ0v) is 12.0. The fourth-order valence-corrected chi connectivity index (χ4v) is 2.83. The predicted octanol–water partition coefficient (Wildman–Crippen LogP) is 0.182. The highest BCUT2D eigenvalue weighted by atomic mass is 16.4. The van der Waals surface area contributed by atoms with Crippen LogP contribution in [0.4, 0.5) is 0 Å². The van der Waals surface area contributed by atoms with E-state index in [0.29, 0.717) is 18.0 Å². The summed E-state index contributed by atoms with van der Waals surface area (Å²) in [5.41, 5.74) is 1.76. The van der Waals surface area contributed by atoms with E-state index >= 15 is 0 Å². The molecule has 118 valence electrons. The van der Waals surface area contributed by atoms with Crippen molar-refractivity contribution in [2.24, 2.45) is 0 Å². The van der Waals surface area contributed by atoms with E-state index < -0.39 is 12.0 Å². The molecule has 9 nitrogen and oxygen atoms in total. The molecule has 4 rings (SSSR count). The zero-order chi connectivity index (χ0) is 16.0. The lowest BCUT2D eigenvalue weighted by atomic mass is 10.1. The molecule has 2 N–H and O–H groups in total. The second-order valence-electron chi connectivity index (χ2n) is 5.42. The average Bonchev–Trinajstić information content (AvgIpc) is 3.13. The average molecular weight is 315 g/mol. The van der Waals surface area contributed by atoms with Crippen molar-refractivity contribution in [3.8, 4) is 0 Å². The normalized spacial score (nSPS) is 18.2. The molecule has 0 bridgehead atoms. The molecule has 0 saturated carbocycles. The molecule has 9 heteroatoms. The summed E-state index contributed by atoms with van der Waals surface area (Å²) < 4.78 is 6.61. The van der Waals surface area contributed by atoms with Crippen LogP contribution in [0.3, 0.4) is 0 Å². The van der Waals surface area contributed by atoms with Crippen LogP contribution in [-0.2, 0) is 24.4 Å². The first-order valence-electron chi connectivity index (χ1n) is 7.06. The highest BCUT2D eigenvalue weighted by Crippen LogP contribution is 2.19. The van der Waals surface area contributed by atoms with E-state index in [1.54, 1.807) is 23.3 Å². The molecule has 0 radical (unpaired) electrons. The number of pyridine rings is 1. The van der Waals surface area contributed by atoms with Crippen molar-refractivity contribution in [2.45, 2.75) is 25.7 Å². The molecule has 4 heterocycles. The monoisotopic (exact) mass is 315 g/mol. The number of furan rings is 1. The van der Waals surface area contributed by atoms with Gasteiger partial charge in [-0.05, 0) is 12.1 Å². The number of hydrogen-bond donors (Lipinski definition) is 2. The molecule has 23 heavy (non-hydrogen) atoms. The Labute approximate surface area is 129 Å². The Kier molecular flexibility index (Phi) is 3.01. The first-order valence-corrected chi connectivity index (χ1v) is 7.06. The molecular weight excluding hydrogens is 302 g/mol. The quantitative estimate of drug-likeness (QED) is 0.708. The van der Waals surface area contributed by atoms with E-state index in [-0.39, 0.29) is 18.8 Å². The Hall–Kier alpha value is -2.94. The van der Waals surface area contributed by atoms with Crippen LogP contribution in [0.2, 0.25) is 0 Å². The molecule has 1 aliphatic rings. The number of hydrogen-bond acceptors (Lipinski definition) is 6. The largest absolute Gasteiger partial charge is 0.480 e. The standard InChI is InChI=1S/C14H13N5O4/c20-13(21)10-6-19-12(16-17-14(19)22)7-18(10)5-8-1-2-11-9(15-8)3-4-23-11/h1-4,10H,5-7H2,(H,17,22)(H,20,21). The summed E-state index contributed by atoms with van der Waals surface area (Å²) in [5, 5.41) is 15.7. The van der Waals surface area contributed by atoms with Crippen molar-refractivity contribution in [2.75, 3.05) is 0 Å².